The molecular weight excluding hydrogens is 558 g/mol. The highest BCUT2D eigenvalue weighted by atomic mass is 32.2. The van der Waals surface area contributed by atoms with Gasteiger partial charge in [0.15, 0.2) is 0 Å². The van der Waals surface area contributed by atoms with Crippen LogP contribution >= 0.6 is 11.8 Å². The van der Waals surface area contributed by atoms with Crippen molar-refractivity contribution in [1.82, 2.24) is 15.2 Å². The molecule has 41 heavy (non-hydrogen) atoms. The van der Waals surface area contributed by atoms with E-state index < -0.39 is 5.97 Å². The SMILES string of the molecule is CN(CCOc1cc(CO)nc(CO)c1)CC(C)(C)SCC(=O)NCCOCCOCCOCCOCCC(=O)O. The number of carbonyl (C=O) groups excluding carboxylic acids is 1. The number of thioether (sulfide) groups is 1. The Bertz CT molecular complexity index is 840. The molecule has 1 aromatic rings. The molecule has 1 amide bonds. The predicted molar refractivity (Wildman–Crippen MR) is 154 cm³/mol. The molecule has 14 heteroatoms. The zero-order valence-electron chi connectivity index (χ0n) is 24.5. The average molecular weight is 606 g/mol. The van der Waals surface area contributed by atoms with Crippen molar-refractivity contribution in [2.75, 3.05) is 91.9 Å². The molecular formula is C27H47N3O10S. The minimum Gasteiger partial charge on any atom is -0.492 e. The van der Waals surface area contributed by atoms with E-state index in [-0.39, 0.29) is 36.9 Å². The Labute approximate surface area is 246 Å². The highest BCUT2D eigenvalue weighted by Gasteiger charge is 2.22. The van der Waals surface area contributed by atoms with E-state index >= 15 is 0 Å². The van der Waals surface area contributed by atoms with Crippen LogP contribution in [0.4, 0.5) is 0 Å². The summed E-state index contributed by atoms with van der Waals surface area (Å²) < 4.78 is 26.9. The van der Waals surface area contributed by atoms with E-state index in [1.807, 2.05) is 7.05 Å². The summed E-state index contributed by atoms with van der Waals surface area (Å²) in [5.74, 6) is -0.0303. The number of aliphatic hydroxyl groups is 2. The Hall–Kier alpha value is -2.04. The fraction of sp³-hybridized carbons (Fsp3) is 0.741. The number of carbonyl (C=O) groups is 2. The van der Waals surface area contributed by atoms with Gasteiger partial charge in [0.1, 0.15) is 12.4 Å². The van der Waals surface area contributed by atoms with Crippen LogP contribution in [-0.4, -0.2) is 134 Å². The largest absolute Gasteiger partial charge is 0.492 e. The number of rotatable bonds is 26. The van der Waals surface area contributed by atoms with Gasteiger partial charge in [-0.2, -0.15) is 0 Å². The Balaban J connectivity index is 2.03. The molecule has 0 aliphatic heterocycles. The van der Waals surface area contributed by atoms with Crippen LogP contribution in [0.1, 0.15) is 31.7 Å². The Morgan fingerprint density at radius 3 is 1.98 bits per heavy atom. The Morgan fingerprint density at radius 1 is 0.902 bits per heavy atom. The maximum absolute atomic E-state index is 12.2. The van der Waals surface area contributed by atoms with Gasteiger partial charge in [-0.15, -0.1) is 11.8 Å². The number of aliphatic carboxylic acids is 1. The topological polar surface area (TPSA) is 169 Å². The smallest absolute Gasteiger partial charge is 0.305 e. The average Bonchev–Trinajstić information content (AvgIpc) is 2.93. The molecule has 1 heterocycles. The molecule has 236 valence electrons. The van der Waals surface area contributed by atoms with Crippen LogP contribution in [0.15, 0.2) is 12.1 Å². The van der Waals surface area contributed by atoms with Crippen LogP contribution in [0.3, 0.4) is 0 Å². The standard InChI is InChI=1S/C27H47N3O10S/c1-27(2,21-30(3)6-9-40-24-16-22(18-31)29-23(17-24)19-32)41-20-25(33)28-5-8-37-11-13-39-15-14-38-12-10-36-7-4-26(34)35/h16-17,31-32H,4-15,18-21H2,1-3H3,(H,28,33)(H,34,35). The molecule has 0 bridgehead atoms. The minimum absolute atomic E-state index is 0.0166. The fourth-order valence-electron chi connectivity index (χ4n) is 3.45. The van der Waals surface area contributed by atoms with E-state index in [1.54, 1.807) is 23.9 Å². The molecule has 0 saturated carbocycles. The first-order valence-electron chi connectivity index (χ1n) is 13.6. The van der Waals surface area contributed by atoms with Crippen LogP contribution in [0, 0.1) is 0 Å². The third-order valence-electron chi connectivity index (χ3n) is 5.36. The molecule has 13 nitrogen and oxygen atoms in total. The van der Waals surface area contributed by atoms with E-state index in [0.29, 0.717) is 88.8 Å². The normalized spacial score (nSPS) is 11.7. The quantitative estimate of drug-likeness (QED) is 0.108. The molecule has 0 aromatic carbocycles. The zero-order chi connectivity index (χ0) is 30.3. The third kappa shape index (κ3) is 20.5. The maximum atomic E-state index is 12.2. The van der Waals surface area contributed by atoms with Crippen molar-refractivity contribution in [1.29, 1.82) is 0 Å². The summed E-state index contributed by atoms with van der Waals surface area (Å²) in [4.78, 5) is 28.8. The number of hydrogen-bond donors (Lipinski definition) is 4. The summed E-state index contributed by atoms with van der Waals surface area (Å²) in [7, 11) is 1.99. The summed E-state index contributed by atoms with van der Waals surface area (Å²) >= 11 is 1.58. The van der Waals surface area contributed by atoms with Crippen LogP contribution in [-0.2, 0) is 41.8 Å². The highest BCUT2D eigenvalue weighted by Crippen LogP contribution is 2.25. The highest BCUT2D eigenvalue weighted by molar-refractivity contribution is 8.01. The van der Waals surface area contributed by atoms with Gasteiger partial charge < -0.3 is 49.2 Å². The number of aromatic nitrogens is 1. The number of ether oxygens (including phenoxy) is 5. The van der Waals surface area contributed by atoms with Crippen molar-refractivity contribution in [2.45, 2.75) is 38.2 Å². The molecule has 0 fully saturated rings. The maximum Gasteiger partial charge on any atom is 0.305 e. The van der Waals surface area contributed by atoms with E-state index in [0.717, 1.165) is 6.54 Å². The van der Waals surface area contributed by atoms with Crippen molar-refractivity contribution in [3.8, 4) is 5.75 Å². The number of pyridine rings is 1. The molecule has 1 aromatic heterocycles. The van der Waals surface area contributed by atoms with E-state index in [4.69, 9.17) is 28.8 Å². The molecule has 0 spiro atoms. The van der Waals surface area contributed by atoms with Gasteiger partial charge in [0.05, 0.1) is 89.6 Å². The third-order valence-corrected chi connectivity index (χ3v) is 6.68. The van der Waals surface area contributed by atoms with Crippen molar-refractivity contribution in [2.24, 2.45) is 0 Å². The molecule has 0 radical (unpaired) electrons. The minimum atomic E-state index is -0.886. The van der Waals surface area contributed by atoms with E-state index in [1.165, 1.54) is 0 Å². The number of carboxylic acids is 1. The summed E-state index contributed by atoms with van der Waals surface area (Å²) in [6, 6.07) is 3.31. The second-order valence-electron chi connectivity index (χ2n) is 9.68. The number of carboxylic acid groups (broad SMARTS) is 1. The van der Waals surface area contributed by atoms with Gasteiger partial charge in [0, 0.05) is 36.5 Å². The van der Waals surface area contributed by atoms with Crippen LogP contribution in [0.2, 0.25) is 0 Å². The van der Waals surface area contributed by atoms with Gasteiger partial charge in [-0.05, 0) is 20.9 Å². The summed E-state index contributed by atoms with van der Waals surface area (Å²) in [5.41, 5.74) is 0.899. The Morgan fingerprint density at radius 2 is 1.44 bits per heavy atom. The van der Waals surface area contributed by atoms with Crippen molar-refractivity contribution in [3.05, 3.63) is 23.5 Å². The van der Waals surface area contributed by atoms with E-state index in [9.17, 15) is 19.8 Å². The van der Waals surface area contributed by atoms with Crippen LogP contribution < -0.4 is 10.1 Å². The molecule has 1 rings (SSSR count). The monoisotopic (exact) mass is 605 g/mol. The summed E-state index contributed by atoms with van der Waals surface area (Å²) in [5, 5.41) is 30.0. The number of nitrogens with zero attached hydrogens (tertiary/aromatic N) is 2. The van der Waals surface area contributed by atoms with Gasteiger partial charge in [-0.25, -0.2) is 0 Å². The number of likely N-dealkylation sites (N-methyl/N-ethyl adjacent to an activating group) is 1. The molecule has 0 aliphatic carbocycles. The number of amides is 1. The number of aliphatic hydroxyl groups excluding tert-OH is 2. The first-order valence-corrected chi connectivity index (χ1v) is 14.6. The first-order chi connectivity index (χ1) is 19.6. The number of hydrogen-bond acceptors (Lipinski definition) is 12. The van der Waals surface area contributed by atoms with Gasteiger partial charge in [0.25, 0.3) is 0 Å². The van der Waals surface area contributed by atoms with E-state index in [2.05, 4.69) is 29.0 Å². The van der Waals surface area contributed by atoms with Gasteiger partial charge in [0.2, 0.25) is 5.91 Å². The molecule has 0 aliphatic rings. The van der Waals surface area contributed by atoms with Gasteiger partial charge >= 0.3 is 5.97 Å². The predicted octanol–water partition coefficient (Wildman–Crippen LogP) is 0.546. The second kappa shape index (κ2) is 22.5. The second-order valence-corrected chi connectivity index (χ2v) is 11.4. The first kappa shape index (κ1) is 37.0. The molecule has 4 N–H and O–H groups in total. The van der Waals surface area contributed by atoms with Crippen molar-refractivity contribution < 1.29 is 48.6 Å². The lowest BCUT2D eigenvalue weighted by atomic mass is 10.2. The Kier molecular flexibility index (Phi) is 20.3. The lowest BCUT2D eigenvalue weighted by molar-refractivity contribution is -0.138. The zero-order valence-corrected chi connectivity index (χ0v) is 25.3. The lowest BCUT2D eigenvalue weighted by Gasteiger charge is -2.29. The molecule has 0 unspecified atom stereocenters. The van der Waals surface area contributed by atoms with Gasteiger partial charge in [-0.1, -0.05) is 0 Å². The molecule has 0 atom stereocenters. The van der Waals surface area contributed by atoms with Gasteiger partial charge in [-0.3, -0.25) is 14.6 Å². The van der Waals surface area contributed by atoms with Crippen molar-refractivity contribution in [3.63, 3.8) is 0 Å². The lowest BCUT2D eigenvalue weighted by Crippen LogP contribution is -2.38. The fourth-order valence-corrected chi connectivity index (χ4v) is 4.39. The molecule has 0 saturated heterocycles. The summed E-state index contributed by atoms with van der Waals surface area (Å²) in [6.07, 6.45) is -0.0166. The van der Waals surface area contributed by atoms with Crippen LogP contribution in [0.5, 0.6) is 5.75 Å². The van der Waals surface area contributed by atoms with Crippen LogP contribution in [0.25, 0.3) is 0 Å². The number of nitrogens with one attached hydrogen (secondary N) is 1. The summed E-state index contributed by atoms with van der Waals surface area (Å²) in [6.45, 7) is 9.00. The van der Waals surface area contributed by atoms with Crippen molar-refractivity contribution >= 4 is 23.6 Å².